The number of anilines is 1. The summed E-state index contributed by atoms with van der Waals surface area (Å²) < 4.78 is 0. The molecule has 0 saturated heterocycles. The fourth-order valence-electron chi connectivity index (χ4n) is 1.83. The van der Waals surface area contributed by atoms with Crippen LogP contribution in [0.1, 0.15) is 44.0 Å². The molecule has 1 atom stereocenters. The summed E-state index contributed by atoms with van der Waals surface area (Å²) >= 11 is 5.83. The number of carbonyl (C=O) groups is 2. The summed E-state index contributed by atoms with van der Waals surface area (Å²) in [6.45, 7) is 6.20. The van der Waals surface area contributed by atoms with Gasteiger partial charge in [-0.1, -0.05) is 25.4 Å². The first kappa shape index (κ1) is 17.3. The van der Waals surface area contributed by atoms with Gasteiger partial charge in [0.15, 0.2) is 0 Å². The van der Waals surface area contributed by atoms with E-state index < -0.39 is 5.97 Å². The highest BCUT2D eigenvalue weighted by Crippen LogP contribution is 2.19. The van der Waals surface area contributed by atoms with Gasteiger partial charge >= 0.3 is 12.0 Å². The molecule has 1 unspecified atom stereocenters. The summed E-state index contributed by atoms with van der Waals surface area (Å²) in [4.78, 5) is 22.8. The van der Waals surface area contributed by atoms with Gasteiger partial charge in [-0.25, -0.2) is 9.59 Å². The maximum Gasteiger partial charge on any atom is 0.335 e. The van der Waals surface area contributed by atoms with Crippen molar-refractivity contribution in [3.63, 3.8) is 0 Å². The maximum atomic E-state index is 11.8. The van der Waals surface area contributed by atoms with Crippen molar-refractivity contribution in [2.75, 3.05) is 5.32 Å². The van der Waals surface area contributed by atoms with Crippen molar-refractivity contribution in [3.05, 3.63) is 28.8 Å². The molecule has 1 aromatic rings. The number of hydrogen-bond acceptors (Lipinski definition) is 2. The van der Waals surface area contributed by atoms with E-state index in [0.717, 1.165) is 12.8 Å². The van der Waals surface area contributed by atoms with Gasteiger partial charge in [-0.05, 0) is 43.9 Å². The highest BCUT2D eigenvalue weighted by atomic mass is 35.5. The molecule has 0 heterocycles. The quantitative estimate of drug-likeness (QED) is 0.743. The number of carboxylic acid groups (broad SMARTS) is 1. The fraction of sp³-hybridized carbons (Fsp3) is 0.467. The standard InChI is InChI=1S/C15H21ClN2O3/c1-9(2)4-5-10(3)17-15(21)18-13-7-11(14(19)20)6-12(16)8-13/h6-10H,4-5H2,1-3H3,(H,19,20)(H2,17,18,21). The molecular weight excluding hydrogens is 292 g/mol. The van der Waals surface area contributed by atoms with Crippen molar-refractivity contribution in [1.29, 1.82) is 0 Å². The lowest BCUT2D eigenvalue weighted by molar-refractivity contribution is 0.0697. The SMILES string of the molecule is CC(C)CCC(C)NC(=O)Nc1cc(Cl)cc(C(=O)O)c1. The van der Waals surface area contributed by atoms with Crippen molar-refractivity contribution in [1.82, 2.24) is 5.32 Å². The second-order valence-corrected chi connectivity index (χ2v) is 5.94. The van der Waals surface area contributed by atoms with Crippen molar-refractivity contribution in [2.24, 2.45) is 5.92 Å². The number of urea groups is 1. The number of benzene rings is 1. The minimum Gasteiger partial charge on any atom is -0.478 e. The summed E-state index contributed by atoms with van der Waals surface area (Å²) in [5.41, 5.74) is 0.388. The van der Waals surface area contributed by atoms with E-state index in [2.05, 4.69) is 24.5 Å². The number of hydrogen-bond donors (Lipinski definition) is 3. The fourth-order valence-corrected chi connectivity index (χ4v) is 2.07. The average molecular weight is 313 g/mol. The van der Waals surface area contributed by atoms with Gasteiger partial charge in [-0.3, -0.25) is 0 Å². The molecule has 0 radical (unpaired) electrons. The summed E-state index contributed by atoms with van der Waals surface area (Å²) in [6, 6.07) is 3.88. The average Bonchev–Trinajstić information content (AvgIpc) is 2.35. The number of aromatic carboxylic acids is 1. The summed E-state index contributed by atoms with van der Waals surface area (Å²) in [7, 11) is 0. The minimum absolute atomic E-state index is 0.0330. The topological polar surface area (TPSA) is 78.4 Å². The number of carbonyl (C=O) groups excluding carboxylic acids is 1. The Morgan fingerprint density at radius 3 is 2.43 bits per heavy atom. The van der Waals surface area contributed by atoms with Gasteiger partial charge in [0.2, 0.25) is 0 Å². The van der Waals surface area contributed by atoms with Crippen LogP contribution in [0.2, 0.25) is 5.02 Å². The van der Waals surface area contributed by atoms with E-state index in [9.17, 15) is 9.59 Å². The first-order chi connectivity index (χ1) is 9.77. The Balaban J connectivity index is 2.60. The summed E-state index contributed by atoms with van der Waals surface area (Å²) in [5, 5.41) is 14.6. The molecule has 0 aliphatic carbocycles. The van der Waals surface area contributed by atoms with Crippen LogP contribution in [0.15, 0.2) is 18.2 Å². The van der Waals surface area contributed by atoms with Gasteiger partial charge in [0, 0.05) is 16.8 Å². The maximum absolute atomic E-state index is 11.8. The smallest absolute Gasteiger partial charge is 0.335 e. The van der Waals surface area contributed by atoms with Gasteiger partial charge < -0.3 is 15.7 Å². The third-order valence-corrected chi connectivity index (χ3v) is 3.18. The van der Waals surface area contributed by atoms with Gasteiger partial charge in [-0.15, -0.1) is 0 Å². The number of amides is 2. The molecule has 0 fully saturated rings. The monoisotopic (exact) mass is 312 g/mol. The second kappa shape index (κ2) is 7.88. The Morgan fingerprint density at radius 2 is 1.86 bits per heavy atom. The molecule has 116 valence electrons. The van der Waals surface area contributed by atoms with Crippen LogP contribution in [0, 0.1) is 5.92 Å². The Hall–Kier alpha value is -1.75. The first-order valence-electron chi connectivity index (χ1n) is 6.89. The van der Waals surface area contributed by atoms with Gasteiger partial charge in [0.25, 0.3) is 0 Å². The zero-order valence-electron chi connectivity index (χ0n) is 12.4. The lowest BCUT2D eigenvalue weighted by atomic mass is 10.0. The van der Waals surface area contributed by atoms with Crippen LogP contribution in [0.25, 0.3) is 0 Å². The number of halogens is 1. The lowest BCUT2D eigenvalue weighted by Crippen LogP contribution is -2.36. The predicted octanol–water partition coefficient (Wildman–Crippen LogP) is 3.98. The number of carboxylic acids is 1. The van der Waals surface area contributed by atoms with E-state index in [1.165, 1.54) is 18.2 Å². The molecule has 0 bridgehead atoms. The largest absolute Gasteiger partial charge is 0.478 e. The molecule has 1 rings (SSSR count). The molecule has 2 amide bonds. The molecule has 0 saturated carbocycles. The van der Waals surface area contributed by atoms with Crippen molar-refractivity contribution in [3.8, 4) is 0 Å². The van der Waals surface area contributed by atoms with Gasteiger partial charge in [0.05, 0.1) is 5.56 Å². The molecule has 5 nitrogen and oxygen atoms in total. The van der Waals surface area contributed by atoms with Crippen LogP contribution in [0.4, 0.5) is 10.5 Å². The summed E-state index contributed by atoms with van der Waals surface area (Å²) in [5.74, 6) is -0.505. The van der Waals surface area contributed by atoms with E-state index in [1.54, 1.807) is 0 Å². The lowest BCUT2D eigenvalue weighted by Gasteiger charge is -2.16. The van der Waals surface area contributed by atoms with E-state index in [0.29, 0.717) is 11.6 Å². The number of rotatable bonds is 6. The Bertz CT molecular complexity index is 518. The molecule has 0 aliphatic rings. The zero-order valence-corrected chi connectivity index (χ0v) is 13.2. The molecule has 6 heteroatoms. The molecule has 0 spiro atoms. The van der Waals surface area contributed by atoms with Gasteiger partial charge in [0.1, 0.15) is 0 Å². The normalized spacial score (nSPS) is 12.0. The second-order valence-electron chi connectivity index (χ2n) is 5.50. The Morgan fingerprint density at radius 1 is 1.19 bits per heavy atom. The van der Waals surface area contributed by atoms with E-state index in [-0.39, 0.29) is 22.7 Å². The van der Waals surface area contributed by atoms with E-state index in [1.807, 2.05) is 6.92 Å². The van der Waals surface area contributed by atoms with Crippen molar-refractivity contribution >= 4 is 29.3 Å². The Labute approximate surface area is 129 Å². The third-order valence-electron chi connectivity index (χ3n) is 2.96. The van der Waals surface area contributed by atoms with Crippen LogP contribution < -0.4 is 10.6 Å². The molecule has 0 aliphatic heterocycles. The first-order valence-corrected chi connectivity index (χ1v) is 7.27. The van der Waals surface area contributed by atoms with E-state index >= 15 is 0 Å². The van der Waals surface area contributed by atoms with Crippen LogP contribution >= 0.6 is 11.6 Å². The summed E-state index contributed by atoms with van der Waals surface area (Å²) in [6.07, 6.45) is 1.92. The molecule has 1 aromatic carbocycles. The molecule has 0 aromatic heterocycles. The van der Waals surface area contributed by atoms with Crippen LogP contribution in [0.3, 0.4) is 0 Å². The van der Waals surface area contributed by atoms with Crippen molar-refractivity contribution in [2.45, 2.75) is 39.7 Å². The van der Waals surface area contributed by atoms with Crippen LogP contribution in [-0.4, -0.2) is 23.1 Å². The number of nitrogens with one attached hydrogen (secondary N) is 2. The minimum atomic E-state index is -1.09. The van der Waals surface area contributed by atoms with Crippen LogP contribution in [0.5, 0.6) is 0 Å². The van der Waals surface area contributed by atoms with Crippen molar-refractivity contribution < 1.29 is 14.7 Å². The predicted molar refractivity (Wildman–Crippen MR) is 84.1 cm³/mol. The molecule has 3 N–H and O–H groups in total. The van der Waals surface area contributed by atoms with Gasteiger partial charge in [-0.2, -0.15) is 0 Å². The Kier molecular flexibility index (Phi) is 6.49. The van der Waals surface area contributed by atoms with Crippen LogP contribution in [-0.2, 0) is 0 Å². The molecular formula is C15H21ClN2O3. The highest BCUT2D eigenvalue weighted by molar-refractivity contribution is 6.31. The highest BCUT2D eigenvalue weighted by Gasteiger charge is 2.11. The molecule has 21 heavy (non-hydrogen) atoms. The third kappa shape index (κ3) is 6.49. The zero-order chi connectivity index (χ0) is 16.0. The van der Waals surface area contributed by atoms with E-state index in [4.69, 9.17) is 16.7 Å².